The van der Waals surface area contributed by atoms with Crippen LogP contribution in [0.25, 0.3) is 0 Å². The molecule has 0 spiro atoms. The molecule has 0 saturated heterocycles. The number of carboxylic acids is 1. The summed E-state index contributed by atoms with van der Waals surface area (Å²) in [6, 6.07) is 10.9. The molecule has 1 heterocycles. The van der Waals surface area contributed by atoms with Crippen LogP contribution in [0.3, 0.4) is 0 Å². The fourth-order valence-electron chi connectivity index (χ4n) is 1.95. The van der Waals surface area contributed by atoms with Gasteiger partial charge in [-0.1, -0.05) is 29.8 Å². The highest BCUT2D eigenvalue weighted by Gasteiger charge is 2.11. The number of nitrogens with zero attached hydrogens (tertiary/aromatic N) is 2. The van der Waals surface area contributed by atoms with Gasteiger partial charge in [0.15, 0.2) is 0 Å². The normalized spacial score (nSPS) is 10.3. The van der Waals surface area contributed by atoms with Crippen LogP contribution >= 0.6 is 11.6 Å². The van der Waals surface area contributed by atoms with Crippen LogP contribution in [-0.2, 0) is 6.54 Å². The average molecular weight is 291 g/mol. The number of carbonyl (C=O) groups is 1. The van der Waals surface area contributed by atoms with Gasteiger partial charge in [0.2, 0.25) is 0 Å². The summed E-state index contributed by atoms with van der Waals surface area (Å²) in [7, 11) is 1.89. The molecule has 104 valence electrons. The van der Waals surface area contributed by atoms with E-state index in [0.29, 0.717) is 23.1 Å². The van der Waals surface area contributed by atoms with E-state index in [1.807, 2.05) is 36.2 Å². The maximum Gasteiger partial charge on any atom is 0.337 e. The van der Waals surface area contributed by atoms with Crippen LogP contribution in [0.15, 0.2) is 36.4 Å². The second-order valence-electron chi connectivity index (χ2n) is 4.56. The second-order valence-corrected chi connectivity index (χ2v) is 4.96. The Bertz CT molecular complexity index is 644. The zero-order valence-corrected chi connectivity index (χ0v) is 12.1. The Morgan fingerprint density at radius 1 is 1.30 bits per heavy atom. The molecule has 20 heavy (non-hydrogen) atoms. The first kappa shape index (κ1) is 14.3. The highest BCUT2D eigenvalue weighted by molar-refractivity contribution is 6.31. The lowest BCUT2D eigenvalue weighted by molar-refractivity contribution is 0.0695. The molecule has 1 aromatic heterocycles. The third-order valence-electron chi connectivity index (χ3n) is 3.06. The molecular weight excluding hydrogens is 276 g/mol. The zero-order valence-electron chi connectivity index (χ0n) is 11.3. The van der Waals surface area contributed by atoms with Crippen molar-refractivity contribution in [2.24, 2.45) is 0 Å². The first-order chi connectivity index (χ1) is 9.49. The summed E-state index contributed by atoms with van der Waals surface area (Å²) in [5.41, 5.74) is 1.72. The minimum Gasteiger partial charge on any atom is -0.478 e. The Kier molecular flexibility index (Phi) is 4.25. The van der Waals surface area contributed by atoms with Crippen molar-refractivity contribution in [3.63, 3.8) is 0 Å². The number of hydrogen-bond acceptors (Lipinski definition) is 3. The Balaban J connectivity index is 2.22. The van der Waals surface area contributed by atoms with Crippen molar-refractivity contribution in [2.75, 3.05) is 11.9 Å². The summed E-state index contributed by atoms with van der Waals surface area (Å²) < 4.78 is 0. The molecule has 0 radical (unpaired) electrons. The molecule has 0 bridgehead atoms. The monoisotopic (exact) mass is 290 g/mol. The van der Waals surface area contributed by atoms with E-state index in [2.05, 4.69) is 4.98 Å². The predicted molar refractivity (Wildman–Crippen MR) is 79.5 cm³/mol. The van der Waals surface area contributed by atoms with Gasteiger partial charge >= 0.3 is 5.97 Å². The molecule has 0 aliphatic carbocycles. The highest BCUT2D eigenvalue weighted by Crippen LogP contribution is 2.20. The third-order valence-corrected chi connectivity index (χ3v) is 3.43. The van der Waals surface area contributed by atoms with E-state index in [1.165, 1.54) is 0 Å². The van der Waals surface area contributed by atoms with Crippen molar-refractivity contribution in [2.45, 2.75) is 13.5 Å². The van der Waals surface area contributed by atoms with Gasteiger partial charge in [0, 0.05) is 18.6 Å². The maximum absolute atomic E-state index is 11.0. The van der Waals surface area contributed by atoms with E-state index < -0.39 is 5.97 Å². The van der Waals surface area contributed by atoms with E-state index in [9.17, 15) is 4.79 Å². The number of benzene rings is 1. The summed E-state index contributed by atoms with van der Waals surface area (Å²) in [6.45, 7) is 2.30. The molecule has 1 N–H and O–H groups in total. The number of carboxylic acid groups (broad SMARTS) is 1. The van der Waals surface area contributed by atoms with Gasteiger partial charge in [0.05, 0.1) is 11.3 Å². The van der Waals surface area contributed by atoms with E-state index in [0.717, 1.165) is 5.56 Å². The minimum atomic E-state index is -0.963. The van der Waals surface area contributed by atoms with Crippen LogP contribution in [0.1, 0.15) is 21.6 Å². The number of pyridine rings is 1. The molecule has 4 nitrogen and oxygen atoms in total. The standard InChI is InChI=1S/C15H15ClN2O2/c1-10-12(15(19)20)7-8-14(17-10)18(2)9-11-5-3-4-6-13(11)16/h3-8H,9H2,1-2H3,(H,19,20). The second kappa shape index (κ2) is 5.92. The molecule has 0 aliphatic heterocycles. The number of anilines is 1. The van der Waals surface area contributed by atoms with Crippen LogP contribution < -0.4 is 4.90 Å². The number of hydrogen-bond donors (Lipinski definition) is 1. The van der Waals surface area contributed by atoms with Crippen molar-refractivity contribution in [3.05, 3.63) is 58.2 Å². The molecule has 2 rings (SSSR count). The lowest BCUT2D eigenvalue weighted by Gasteiger charge is -2.19. The van der Waals surface area contributed by atoms with Crippen LogP contribution in [-0.4, -0.2) is 23.1 Å². The van der Waals surface area contributed by atoms with Gasteiger partial charge < -0.3 is 10.0 Å². The highest BCUT2D eigenvalue weighted by atomic mass is 35.5. The third kappa shape index (κ3) is 3.08. The number of aromatic nitrogens is 1. The van der Waals surface area contributed by atoms with Crippen molar-refractivity contribution in [1.29, 1.82) is 0 Å². The summed E-state index contributed by atoms with van der Waals surface area (Å²) in [5.74, 6) is -0.247. The van der Waals surface area contributed by atoms with Crippen LogP contribution in [0.2, 0.25) is 5.02 Å². The smallest absolute Gasteiger partial charge is 0.337 e. The Hall–Kier alpha value is -2.07. The van der Waals surface area contributed by atoms with E-state index >= 15 is 0 Å². The SMILES string of the molecule is Cc1nc(N(C)Cc2ccccc2Cl)ccc1C(=O)O. The van der Waals surface area contributed by atoms with Gasteiger partial charge in [-0.15, -0.1) is 0 Å². The fraction of sp³-hybridized carbons (Fsp3) is 0.200. The van der Waals surface area contributed by atoms with Crippen LogP contribution in [0, 0.1) is 6.92 Å². The van der Waals surface area contributed by atoms with E-state index in [1.54, 1.807) is 19.1 Å². The molecule has 0 amide bonds. The summed E-state index contributed by atoms with van der Waals surface area (Å²) in [6.07, 6.45) is 0. The summed E-state index contributed by atoms with van der Waals surface area (Å²) >= 11 is 6.13. The molecular formula is C15H15ClN2O2. The predicted octanol–water partition coefficient (Wildman–Crippen LogP) is 3.38. The topological polar surface area (TPSA) is 53.4 Å². The summed E-state index contributed by atoms with van der Waals surface area (Å²) in [4.78, 5) is 17.2. The number of halogens is 1. The maximum atomic E-state index is 11.0. The number of rotatable bonds is 4. The first-order valence-electron chi connectivity index (χ1n) is 6.14. The van der Waals surface area contributed by atoms with Gasteiger partial charge in [0.25, 0.3) is 0 Å². The molecule has 0 unspecified atom stereocenters. The summed E-state index contributed by atoms with van der Waals surface area (Å²) in [5, 5.41) is 9.70. The largest absolute Gasteiger partial charge is 0.478 e. The fourth-order valence-corrected chi connectivity index (χ4v) is 2.15. The van der Waals surface area contributed by atoms with E-state index in [-0.39, 0.29) is 5.56 Å². The first-order valence-corrected chi connectivity index (χ1v) is 6.52. The Morgan fingerprint density at radius 2 is 2.00 bits per heavy atom. The van der Waals surface area contributed by atoms with Crippen LogP contribution in [0.5, 0.6) is 0 Å². The number of aromatic carboxylic acids is 1. The van der Waals surface area contributed by atoms with Gasteiger partial charge in [-0.3, -0.25) is 0 Å². The quantitative estimate of drug-likeness (QED) is 0.938. The molecule has 0 saturated carbocycles. The van der Waals surface area contributed by atoms with Crippen molar-refractivity contribution in [3.8, 4) is 0 Å². The molecule has 2 aromatic rings. The molecule has 0 aliphatic rings. The Morgan fingerprint density at radius 3 is 2.60 bits per heavy atom. The number of aryl methyl sites for hydroxylation is 1. The molecule has 0 atom stereocenters. The zero-order chi connectivity index (χ0) is 14.7. The molecule has 5 heteroatoms. The van der Waals surface area contributed by atoms with Gasteiger partial charge in [0.1, 0.15) is 5.82 Å². The van der Waals surface area contributed by atoms with Crippen molar-refractivity contribution in [1.82, 2.24) is 4.98 Å². The molecule has 1 aromatic carbocycles. The van der Waals surface area contributed by atoms with Gasteiger partial charge in [-0.2, -0.15) is 0 Å². The lowest BCUT2D eigenvalue weighted by Crippen LogP contribution is -2.18. The van der Waals surface area contributed by atoms with Gasteiger partial charge in [-0.05, 0) is 30.7 Å². The van der Waals surface area contributed by atoms with Crippen LogP contribution in [0.4, 0.5) is 5.82 Å². The minimum absolute atomic E-state index is 0.222. The van der Waals surface area contributed by atoms with Gasteiger partial charge in [-0.25, -0.2) is 9.78 Å². The van der Waals surface area contributed by atoms with E-state index in [4.69, 9.17) is 16.7 Å². The van der Waals surface area contributed by atoms with Crippen molar-refractivity contribution >= 4 is 23.4 Å². The lowest BCUT2D eigenvalue weighted by atomic mass is 10.2. The van der Waals surface area contributed by atoms with Crippen molar-refractivity contribution < 1.29 is 9.90 Å². The molecule has 0 fully saturated rings. The Labute approximate surface area is 122 Å². The average Bonchev–Trinajstić information content (AvgIpc) is 2.40.